The molecule has 34 heavy (non-hydrogen) atoms. The first-order valence-corrected chi connectivity index (χ1v) is 12.3. The fourth-order valence-corrected chi connectivity index (χ4v) is 4.19. The van der Waals surface area contributed by atoms with Gasteiger partial charge in [-0.25, -0.2) is 0 Å². The van der Waals surface area contributed by atoms with E-state index < -0.39 is 0 Å². The maximum atomic E-state index is 12.5. The van der Waals surface area contributed by atoms with Gasteiger partial charge in [0.15, 0.2) is 5.82 Å². The highest BCUT2D eigenvalue weighted by atomic mass is 16.7. The van der Waals surface area contributed by atoms with Crippen LogP contribution >= 0.6 is 0 Å². The summed E-state index contributed by atoms with van der Waals surface area (Å²) in [4.78, 5) is 16.7. The molecule has 0 saturated carbocycles. The third-order valence-corrected chi connectivity index (χ3v) is 7.33. The van der Waals surface area contributed by atoms with E-state index in [4.69, 9.17) is 18.6 Å². The van der Waals surface area contributed by atoms with Gasteiger partial charge in [-0.15, -0.1) is 0 Å². The highest BCUT2D eigenvalue weighted by molar-refractivity contribution is 6.54. The van der Waals surface area contributed by atoms with E-state index in [-0.39, 0.29) is 48.4 Å². The third-order valence-electron chi connectivity index (χ3n) is 7.33. The van der Waals surface area contributed by atoms with Gasteiger partial charge in [0.25, 0.3) is 0 Å². The van der Waals surface area contributed by atoms with Crippen LogP contribution in [0.1, 0.15) is 85.9 Å². The molecule has 3 heterocycles. The number of aryl methyl sites for hydroxylation is 1. The monoisotopic (exact) mass is 473 g/mol. The molecule has 8 nitrogen and oxygen atoms in total. The highest BCUT2D eigenvalue weighted by Gasteiger charge is 2.51. The summed E-state index contributed by atoms with van der Waals surface area (Å²) in [7, 11) is -0.334. The molecule has 2 fully saturated rings. The van der Waals surface area contributed by atoms with Crippen molar-refractivity contribution < 1.29 is 23.4 Å². The summed E-state index contributed by atoms with van der Waals surface area (Å²) in [5, 5.41) is 6.99. The number of nitrogens with one attached hydrogen (secondary N) is 1. The Morgan fingerprint density at radius 3 is 2.47 bits per heavy atom. The van der Waals surface area contributed by atoms with Gasteiger partial charge in [-0.1, -0.05) is 31.2 Å². The molecule has 0 aliphatic carbocycles. The van der Waals surface area contributed by atoms with Gasteiger partial charge >= 0.3 is 7.12 Å². The summed E-state index contributed by atoms with van der Waals surface area (Å²) in [5.74, 6) is 1.13. The van der Waals surface area contributed by atoms with E-state index in [0.29, 0.717) is 17.6 Å². The second kappa shape index (κ2) is 10.3. The Labute approximate surface area is 204 Å². The summed E-state index contributed by atoms with van der Waals surface area (Å²) in [6.45, 7) is 18.1. The SMILES string of the molecule is C/C(=C\C[C@@H]1O[C@H](C)[C@H](NC(=O)/C=C\[C@H](C)c2noc(C)n2)C[C@@H]1C)B1OC(C)(C)C(C)(C)O1. The van der Waals surface area contributed by atoms with Crippen LogP contribution in [0.5, 0.6) is 0 Å². The molecule has 1 aromatic heterocycles. The molecule has 2 aliphatic heterocycles. The molecule has 188 valence electrons. The number of hydrogen-bond acceptors (Lipinski definition) is 7. The van der Waals surface area contributed by atoms with Gasteiger partial charge in [-0.3, -0.25) is 4.79 Å². The van der Waals surface area contributed by atoms with E-state index in [0.717, 1.165) is 18.3 Å². The number of amides is 1. The Kier molecular flexibility index (Phi) is 8.10. The van der Waals surface area contributed by atoms with Crippen molar-refractivity contribution >= 4 is 13.0 Å². The molecular formula is C25H40BN3O5. The van der Waals surface area contributed by atoms with Crippen molar-refractivity contribution in [3.63, 3.8) is 0 Å². The normalized spacial score (nSPS) is 30.0. The van der Waals surface area contributed by atoms with Crippen molar-refractivity contribution in [1.29, 1.82) is 0 Å². The summed E-state index contributed by atoms with van der Waals surface area (Å²) >= 11 is 0. The lowest BCUT2D eigenvalue weighted by Gasteiger charge is -2.39. The molecule has 2 saturated heterocycles. The first kappa shape index (κ1) is 26.6. The second-order valence-corrected chi connectivity index (χ2v) is 10.8. The zero-order valence-corrected chi connectivity index (χ0v) is 22.0. The molecule has 3 rings (SSSR count). The molecule has 9 heteroatoms. The fourth-order valence-electron chi connectivity index (χ4n) is 4.19. The summed E-state index contributed by atoms with van der Waals surface area (Å²) in [6, 6.07) is -0.0423. The number of aromatic nitrogens is 2. The van der Waals surface area contributed by atoms with E-state index in [9.17, 15) is 4.79 Å². The van der Waals surface area contributed by atoms with Crippen LogP contribution in [0.2, 0.25) is 0 Å². The first-order valence-electron chi connectivity index (χ1n) is 12.3. The molecule has 5 atom stereocenters. The molecule has 1 N–H and O–H groups in total. The standard InChI is InChI=1S/C25H40BN3O5/c1-15(23-27-19(5)32-29-23)10-13-22(30)28-20-14-16(2)21(31-18(20)4)12-11-17(3)26-33-24(6,7)25(8,9)34-26/h10-11,13,15-16,18,20-21H,12,14H2,1-9H3,(H,28,30)/b13-10-,17-11+/t15-,16-,18+,20+,21-/m0/s1. The van der Waals surface area contributed by atoms with Gasteiger partial charge in [0.1, 0.15) is 0 Å². The van der Waals surface area contributed by atoms with Crippen molar-refractivity contribution in [2.24, 2.45) is 5.92 Å². The average molecular weight is 473 g/mol. The van der Waals surface area contributed by atoms with Crippen molar-refractivity contribution in [1.82, 2.24) is 15.5 Å². The lowest BCUT2D eigenvalue weighted by molar-refractivity contribution is -0.123. The predicted molar refractivity (Wildman–Crippen MR) is 131 cm³/mol. The van der Waals surface area contributed by atoms with E-state index in [1.54, 1.807) is 13.0 Å². The molecular weight excluding hydrogens is 433 g/mol. The number of allylic oxidation sites excluding steroid dienone is 2. The molecule has 2 aliphatic rings. The molecule has 0 aromatic carbocycles. The van der Waals surface area contributed by atoms with E-state index in [1.807, 2.05) is 20.8 Å². The van der Waals surface area contributed by atoms with Crippen LogP contribution in [0.15, 0.2) is 28.2 Å². The zero-order chi connectivity index (χ0) is 25.3. The smallest absolute Gasteiger partial charge is 0.400 e. The highest BCUT2D eigenvalue weighted by Crippen LogP contribution is 2.38. The maximum absolute atomic E-state index is 12.5. The molecule has 1 amide bonds. The van der Waals surface area contributed by atoms with Crippen LogP contribution in [-0.4, -0.2) is 52.6 Å². The quantitative estimate of drug-likeness (QED) is 0.466. The van der Waals surface area contributed by atoms with E-state index in [2.05, 4.69) is 56.2 Å². The van der Waals surface area contributed by atoms with Crippen molar-refractivity contribution in [3.8, 4) is 0 Å². The topological polar surface area (TPSA) is 95.7 Å². The van der Waals surface area contributed by atoms with Gasteiger partial charge in [-0.2, -0.15) is 4.98 Å². The van der Waals surface area contributed by atoms with Gasteiger partial charge in [0, 0.05) is 12.8 Å². The van der Waals surface area contributed by atoms with Crippen molar-refractivity contribution in [2.75, 3.05) is 0 Å². The minimum absolute atomic E-state index is 0.0423. The number of hydrogen-bond donors (Lipinski definition) is 1. The lowest BCUT2D eigenvalue weighted by atomic mass is 9.78. The molecule has 0 unspecified atom stereocenters. The van der Waals surface area contributed by atoms with Crippen LogP contribution in [0.25, 0.3) is 0 Å². The Hall–Kier alpha value is -1.97. The number of rotatable bonds is 7. The molecule has 0 spiro atoms. The van der Waals surface area contributed by atoms with Gasteiger partial charge in [0.2, 0.25) is 11.8 Å². The lowest BCUT2D eigenvalue weighted by Crippen LogP contribution is -2.50. The Balaban J connectivity index is 1.50. The minimum Gasteiger partial charge on any atom is -0.400 e. The summed E-state index contributed by atoms with van der Waals surface area (Å²) in [5.41, 5.74) is 0.365. The van der Waals surface area contributed by atoms with Gasteiger partial charge in [0.05, 0.1) is 29.5 Å². The van der Waals surface area contributed by atoms with Crippen LogP contribution in [0.4, 0.5) is 0 Å². The fraction of sp³-hybridized carbons (Fsp3) is 0.720. The summed E-state index contributed by atoms with van der Waals surface area (Å²) < 4.78 is 23.6. The van der Waals surface area contributed by atoms with Crippen LogP contribution < -0.4 is 5.32 Å². The van der Waals surface area contributed by atoms with Gasteiger partial charge in [-0.05, 0) is 71.9 Å². The third kappa shape index (κ3) is 6.17. The summed E-state index contributed by atoms with van der Waals surface area (Å²) in [6.07, 6.45) is 7.12. The maximum Gasteiger partial charge on any atom is 0.489 e. The van der Waals surface area contributed by atoms with Crippen molar-refractivity contribution in [3.05, 3.63) is 35.4 Å². The minimum atomic E-state index is -0.349. The second-order valence-electron chi connectivity index (χ2n) is 10.8. The van der Waals surface area contributed by atoms with Crippen molar-refractivity contribution in [2.45, 2.75) is 111 Å². The number of carbonyl (C=O) groups excluding carboxylic acids is 1. The Morgan fingerprint density at radius 2 is 1.88 bits per heavy atom. The number of nitrogens with zero attached hydrogens (tertiary/aromatic N) is 2. The molecule has 1 aromatic rings. The first-order chi connectivity index (χ1) is 15.8. The largest absolute Gasteiger partial charge is 0.489 e. The van der Waals surface area contributed by atoms with Crippen LogP contribution in [0.3, 0.4) is 0 Å². The zero-order valence-electron chi connectivity index (χ0n) is 22.0. The van der Waals surface area contributed by atoms with Gasteiger partial charge < -0.3 is 23.9 Å². The average Bonchev–Trinajstić information content (AvgIpc) is 3.27. The molecule has 0 radical (unpaired) electrons. The Bertz CT molecular complexity index is 909. The number of ether oxygens (including phenoxy) is 1. The van der Waals surface area contributed by atoms with Crippen LogP contribution in [-0.2, 0) is 18.8 Å². The van der Waals surface area contributed by atoms with Crippen LogP contribution in [0, 0.1) is 12.8 Å². The Morgan fingerprint density at radius 1 is 1.24 bits per heavy atom. The van der Waals surface area contributed by atoms with E-state index in [1.165, 1.54) is 6.08 Å². The number of carbonyl (C=O) groups is 1. The van der Waals surface area contributed by atoms with E-state index >= 15 is 0 Å². The molecule has 0 bridgehead atoms. The predicted octanol–water partition coefficient (Wildman–Crippen LogP) is 4.30.